The molecule has 3 heterocycles. The number of rotatable bonds is 7. The van der Waals surface area contributed by atoms with Crippen molar-refractivity contribution >= 4 is 5.91 Å². The molecule has 0 bridgehead atoms. The van der Waals surface area contributed by atoms with E-state index < -0.39 is 0 Å². The molecule has 0 spiro atoms. The van der Waals surface area contributed by atoms with E-state index in [1.807, 2.05) is 43.7 Å². The van der Waals surface area contributed by atoms with Gasteiger partial charge in [0.15, 0.2) is 0 Å². The molecule has 8 heteroatoms. The van der Waals surface area contributed by atoms with E-state index in [-0.39, 0.29) is 12.3 Å². The monoisotopic (exact) mass is 343 g/mol. The van der Waals surface area contributed by atoms with Gasteiger partial charge in [-0.15, -0.1) is 10.2 Å². The van der Waals surface area contributed by atoms with Gasteiger partial charge in [-0.25, -0.2) is 0 Å². The van der Waals surface area contributed by atoms with Crippen LogP contribution in [0.3, 0.4) is 0 Å². The van der Waals surface area contributed by atoms with Gasteiger partial charge in [-0.2, -0.15) is 5.10 Å². The number of carbonyl (C=O) groups excluding carboxylic acids is 1. The normalized spacial score (nSPS) is 11.0. The van der Waals surface area contributed by atoms with E-state index in [9.17, 15) is 4.79 Å². The van der Waals surface area contributed by atoms with Crippen molar-refractivity contribution in [3.63, 3.8) is 0 Å². The first-order chi connectivity index (χ1) is 12.0. The van der Waals surface area contributed by atoms with Gasteiger partial charge < -0.3 is 14.2 Å². The van der Waals surface area contributed by atoms with Gasteiger partial charge in [0.2, 0.25) is 11.8 Å². The molecule has 25 heavy (non-hydrogen) atoms. The summed E-state index contributed by atoms with van der Waals surface area (Å²) in [5.41, 5.74) is 1.68. The molecule has 0 atom stereocenters. The Morgan fingerprint density at radius 2 is 2.08 bits per heavy atom. The molecule has 1 N–H and O–H groups in total. The molecule has 0 saturated carbocycles. The molecule has 0 unspecified atom stereocenters. The van der Waals surface area contributed by atoms with Crippen molar-refractivity contribution < 1.29 is 13.6 Å². The summed E-state index contributed by atoms with van der Waals surface area (Å²) in [5.74, 6) is 2.31. The first kappa shape index (κ1) is 16.9. The Kier molecular flexibility index (Phi) is 4.97. The van der Waals surface area contributed by atoms with Crippen LogP contribution in [0.1, 0.15) is 36.4 Å². The molecule has 0 aliphatic carbocycles. The van der Waals surface area contributed by atoms with E-state index in [4.69, 9.17) is 8.83 Å². The van der Waals surface area contributed by atoms with E-state index in [1.54, 1.807) is 0 Å². The van der Waals surface area contributed by atoms with Crippen LogP contribution in [-0.2, 0) is 24.3 Å². The third-order valence-corrected chi connectivity index (χ3v) is 3.71. The highest BCUT2D eigenvalue weighted by atomic mass is 16.4. The number of amides is 1. The van der Waals surface area contributed by atoms with Gasteiger partial charge in [0.1, 0.15) is 17.2 Å². The Balaban J connectivity index is 1.53. The molecule has 0 aliphatic rings. The van der Waals surface area contributed by atoms with Gasteiger partial charge in [-0.05, 0) is 39.0 Å². The van der Waals surface area contributed by atoms with E-state index >= 15 is 0 Å². The summed E-state index contributed by atoms with van der Waals surface area (Å²) in [4.78, 5) is 11.9. The molecule has 0 aromatic carbocycles. The Bertz CT molecular complexity index is 861. The molecule has 132 valence electrons. The lowest BCUT2D eigenvalue weighted by molar-refractivity contribution is -0.121. The second kappa shape index (κ2) is 7.33. The summed E-state index contributed by atoms with van der Waals surface area (Å²) in [7, 11) is 0. The van der Waals surface area contributed by atoms with Gasteiger partial charge in [0, 0.05) is 19.4 Å². The van der Waals surface area contributed by atoms with Gasteiger partial charge in [0.05, 0.1) is 12.2 Å². The summed E-state index contributed by atoms with van der Waals surface area (Å²) < 4.78 is 12.9. The lowest BCUT2D eigenvalue weighted by atomic mass is 10.3. The lowest BCUT2D eigenvalue weighted by Crippen LogP contribution is -2.22. The molecule has 3 aromatic rings. The van der Waals surface area contributed by atoms with Crippen molar-refractivity contribution in [1.29, 1.82) is 0 Å². The number of carbonyl (C=O) groups is 1. The zero-order chi connectivity index (χ0) is 17.8. The Morgan fingerprint density at radius 1 is 1.24 bits per heavy atom. The van der Waals surface area contributed by atoms with Crippen LogP contribution in [0, 0.1) is 13.8 Å². The molecule has 0 aliphatic heterocycles. The van der Waals surface area contributed by atoms with Crippen molar-refractivity contribution in [3.8, 4) is 11.6 Å². The quantitative estimate of drug-likeness (QED) is 0.707. The standard InChI is InChI=1S/C17H21N5O3/c1-4-22-14(9-11(2)21-22)17-20-19-16(25-17)8-7-15(23)18-10-13-6-5-12(3)24-13/h5-6,9H,4,7-8,10H2,1-3H3,(H,18,23). The van der Waals surface area contributed by atoms with Gasteiger partial charge in [-0.3, -0.25) is 9.48 Å². The van der Waals surface area contributed by atoms with Crippen LogP contribution in [-0.4, -0.2) is 25.9 Å². The minimum Gasteiger partial charge on any atom is -0.465 e. The van der Waals surface area contributed by atoms with E-state index in [0.29, 0.717) is 24.7 Å². The van der Waals surface area contributed by atoms with Crippen LogP contribution in [0.15, 0.2) is 27.0 Å². The van der Waals surface area contributed by atoms with E-state index in [1.165, 1.54) is 0 Å². The number of aryl methyl sites for hydroxylation is 4. The SMILES string of the molecule is CCn1nc(C)cc1-c1nnc(CCC(=O)NCc2ccc(C)o2)o1. The number of nitrogens with one attached hydrogen (secondary N) is 1. The van der Waals surface area contributed by atoms with Gasteiger partial charge in [-0.1, -0.05) is 0 Å². The molecular weight excluding hydrogens is 322 g/mol. The highest BCUT2D eigenvalue weighted by Gasteiger charge is 2.15. The fourth-order valence-corrected chi connectivity index (χ4v) is 2.49. The number of nitrogens with zero attached hydrogens (tertiary/aromatic N) is 4. The van der Waals surface area contributed by atoms with Crippen LogP contribution in [0.4, 0.5) is 0 Å². The minimum atomic E-state index is -0.0942. The average molecular weight is 343 g/mol. The highest BCUT2D eigenvalue weighted by Crippen LogP contribution is 2.19. The molecule has 3 aromatic heterocycles. The average Bonchev–Trinajstić information content (AvgIpc) is 3.30. The topological polar surface area (TPSA) is 99.0 Å². The first-order valence-corrected chi connectivity index (χ1v) is 8.24. The summed E-state index contributed by atoms with van der Waals surface area (Å²) in [6.07, 6.45) is 0.655. The Labute approximate surface area is 145 Å². The molecule has 3 rings (SSSR count). The van der Waals surface area contributed by atoms with Gasteiger partial charge >= 0.3 is 0 Å². The van der Waals surface area contributed by atoms with Crippen LogP contribution in [0.25, 0.3) is 11.6 Å². The summed E-state index contributed by atoms with van der Waals surface area (Å²) in [6.45, 7) is 6.87. The Morgan fingerprint density at radius 3 is 2.80 bits per heavy atom. The second-order valence-corrected chi connectivity index (χ2v) is 5.78. The zero-order valence-electron chi connectivity index (χ0n) is 14.6. The largest absolute Gasteiger partial charge is 0.465 e. The Hall–Kier alpha value is -2.90. The van der Waals surface area contributed by atoms with Crippen LogP contribution in [0.5, 0.6) is 0 Å². The number of aromatic nitrogens is 4. The second-order valence-electron chi connectivity index (χ2n) is 5.78. The van der Waals surface area contributed by atoms with Crippen molar-refractivity contribution in [2.45, 2.75) is 46.7 Å². The van der Waals surface area contributed by atoms with Crippen molar-refractivity contribution in [1.82, 2.24) is 25.3 Å². The smallest absolute Gasteiger partial charge is 0.265 e. The minimum absolute atomic E-state index is 0.0942. The number of furan rings is 1. The molecule has 8 nitrogen and oxygen atoms in total. The summed E-state index contributed by atoms with van der Waals surface area (Å²) in [6, 6.07) is 5.61. The number of hydrogen-bond donors (Lipinski definition) is 1. The maximum atomic E-state index is 11.9. The first-order valence-electron chi connectivity index (χ1n) is 8.24. The predicted octanol–water partition coefficient (Wildman–Crippen LogP) is 2.41. The zero-order valence-corrected chi connectivity index (χ0v) is 14.6. The van der Waals surface area contributed by atoms with E-state index in [0.717, 1.165) is 29.5 Å². The lowest BCUT2D eigenvalue weighted by Gasteiger charge is -2.01. The predicted molar refractivity (Wildman–Crippen MR) is 89.5 cm³/mol. The summed E-state index contributed by atoms with van der Waals surface area (Å²) in [5, 5.41) is 15.2. The molecular formula is C17H21N5O3. The third kappa shape index (κ3) is 4.14. The highest BCUT2D eigenvalue weighted by molar-refractivity contribution is 5.75. The van der Waals surface area contributed by atoms with Crippen LogP contribution < -0.4 is 5.32 Å². The summed E-state index contributed by atoms with van der Waals surface area (Å²) >= 11 is 0. The van der Waals surface area contributed by atoms with E-state index in [2.05, 4.69) is 20.6 Å². The van der Waals surface area contributed by atoms with Crippen LogP contribution in [0.2, 0.25) is 0 Å². The van der Waals surface area contributed by atoms with Crippen molar-refractivity contribution in [2.75, 3.05) is 0 Å². The van der Waals surface area contributed by atoms with Crippen LogP contribution >= 0.6 is 0 Å². The molecule has 0 fully saturated rings. The maximum absolute atomic E-state index is 11.9. The molecule has 0 radical (unpaired) electrons. The number of hydrogen-bond acceptors (Lipinski definition) is 6. The molecule has 0 saturated heterocycles. The molecule has 1 amide bonds. The van der Waals surface area contributed by atoms with Crippen molar-refractivity contribution in [3.05, 3.63) is 41.3 Å². The third-order valence-electron chi connectivity index (χ3n) is 3.71. The van der Waals surface area contributed by atoms with Crippen molar-refractivity contribution in [2.24, 2.45) is 0 Å². The van der Waals surface area contributed by atoms with Gasteiger partial charge in [0.25, 0.3) is 5.89 Å². The fourth-order valence-electron chi connectivity index (χ4n) is 2.49. The fraction of sp³-hybridized carbons (Fsp3) is 0.412. The maximum Gasteiger partial charge on any atom is 0.265 e.